The number of carboxylic acids is 1. The van der Waals surface area contributed by atoms with E-state index in [9.17, 15) is 18.0 Å². The number of pyridine rings is 1. The van der Waals surface area contributed by atoms with Crippen molar-refractivity contribution in [2.24, 2.45) is 0 Å². The van der Waals surface area contributed by atoms with E-state index in [0.717, 1.165) is 25.7 Å². The molecule has 0 aliphatic heterocycles. The lowest BCUT2D eigenvalue weighted by Crippen LogP contribution is -2.33. The van der Waals surface area contributed by atoms with Gasteiger partial charge in [-0.2, -0.15) is 18.4 Å². The highest BCUT2D eigenvalue weighted by Gasteiger charge is 2.38. The molecule has 2 rings (SSSR count). The number of nitrogens with one attached hydrogen (secondary N) is 1. The molecule has 0 bridgehead atoms. The van der Waals surface area contributed by atoms with Crippen molar-refractivity contribution >= 4 is 23.8 Å². The summed E-state index contributed by atoms with van der Waals surface area (Å²) in [5.74, 6) is -2.66. The Morgan fingerprint density at radius 1 is 1.35 bits per heavy atom. The summed E-state index contributed by atoms with van der Waals surface area (Å²) in [7, 11) is 0. The van der Waals surface area contributed by atoms with Gasteiger partial charge < -0.3 is 16.2 Å². The smallest absolute Gasteiger partial charge is 0.475 e. The zero-order valence-corrected chi connectivity index (χ0v) is 13.6. The van der Waals surface area contributed by atoms with E-state index in [1.807, 2.05) is 6.07 Å². The van der Waals surface area contributed by atoms with Crippen LogP contribution in [0, 0.1) is 11.3 Å². The van der Waals surface area contributed by atoms with E-state index < -0.39 is 12.1 Å². The van der Waals surface area contributed by atoms with Crippen molar-refractivity contribution in [1.82, 2.24) is 10.3 Å². The highest BCUT2D eigenvalue weighted by atomic mass is 19.4. The molecule has 1 heterocycles. The van der Waals surface area contributed by atoms with Gasteiger partial charge in [-0.1, -0.05) is 12.8 Å². The lowest BCUT2D eigenvalue weighted by molar-refractivity contribution is -0.192. The largest absolute Gasteiger partial charge is 0.490 e. The van der Waals surface area contributed by atoms with Crippen molar-refractivity contribution in [3.8, 4) is 6.07 Å². The number of amides is 1. The maximum Gasteiger partial charge on any atom is 0.490 e. The minimum Gasteiger partial charge on any atom is -0.475 e. The fourth-order valence-corrected chi connectivity index (χ4v) is 2.15. The first kappa shape index (κ1) is 21.0. The Hall–Kier alpha value is -3.09. The molecule has 0 radical (unpaired) electrons. The highest BCUT2D eigenvalue weighted by molar-refractivity contribution is 6.01. The minimum absolute atomic E-state index is 0.0958. The van der Waals surface area contributed by atoms with Crippen molar-refractivity contribution in [3.05, 3.63) is 29.5 Å². The van der Waals surface area contributed by atoms with Crippen molar-refractivity contribution in [1.29, 1.82) is 5.26 Å². The summed E-state index contributed by atoms with van der Waals surface area (Å²) in [6.45, 7) is 0. The van der Waals surface area contributed by atoms with E-state index >= 15 is 0 Å². The zero-order chi connectivity index (χ0) is 19.7. The lowest BCUT2D eigenvalue weighted by Gasteiger charge is -2.10. The number of hydrogen-bond donors (Lipinski definition) is 3. The van der Waals surface area contributed by atoms with Crippen LogP contribution in [0.1, 0.15) is 31.2 Å². The molecular weight excluding hydrogens is 353 g/mol. The summed E-state index contributed by atoms with van der Waals surface area (Å²) < 4.78 is 31.7. The van der Waals surface area contributed by atoms with Crippen molar-refractivity contribution in [2.75, 3.05) is 5.73 Å². The van der Waals surface area contributed by atoms with E-state index in [0.29, 0.717) is 11.4 Å². The van der Waals surface area contributed by atoms with Crippen LogP contribution < -0.4 is 11.1 Å². The Labute approximate surface area is 147 Å². The fourth-order valence-electron chi connectivity index (χ4n) is 2.15. The van der Waals surface area contributed by atoms with Gasteiger partial charge in [0.25, 0.3) is 5.91 Å². The van der Waals surface area contributed by atoms with Crippen LogP contribution in [0.15, 0.2) is 23.9 Å². The number of nitriles is 1. The van der Waals surface area contributed by atoms with Crippen LogP contribution in [0.25, 0.3) is 6.08 Å². The Morgan fingerprint density at radius 2 is 1.92 bits per heavy atom. The summed E-state index contributed by atoms with van der Waals surface area (Å²) in [6, 6.07) is 5.49. The first-order chi connectivity index (χ1) is 12.1. The molecule has 0 atom stereocenters. The fraction of sp³-hybridized carbons (Fsp3) is 0.375. The first-order valence-corrected chi connectivity index (χ1v) is 7.57. The summed E-state index contributed by atoms with van der Waals surface area (Å²) in [6.07, 6.45) is 2.24. The molecular formula is C16H17F3N4O3. The second kappa shape index (κ2) is 9.41. The molecule has 1 fully saturated rings. The van der Waals surface area contributed by atoms with E-state index in [1.54, 1.807) is 12.1 Å². The number of hydrogen-bond acceptors (Lipinski definition) is 5. The molecule has 10 heteroatoms. The van der Waals surface area contributed by atoms with Crippen molar-refractivity contribution < 1.29 is 27.9 Å². The number of halogens is 3. The minimum atomic E-state index is -5.08. The average molecular weight is 370 g/mol. The zero-order valence-electron chi connectivity index (χ0n) is 13.6. The predicted molar refractivity (Wildman–Crippen MR) is 86.3 cm³/mol. The maximum absolute atomic E-state index is 12.0. The first-order valence-electron chi connectivity index (χ1n) is 7.57. The second-order valence-electron chi connectivity index (χ2n) is 5.44. The summed E-state index contributed by atoms with van der Waals surface area (Å²) >= 11 is 0. The number of nitrogen functional groups attached to an aromatic ring is 1. The van der Waals surface area contributed by atoms with Gasteiger partial charge in [-0.3, -0.25) is 4.79 Å². The predicted octanol–water partition coefficient (Wildman–Crippen LogP) is 2.26. The van der Waals surface area contributed by atoms with Crippen molar-refractivity contribution in [3.63, 3.8) is 0 Å². The SMILES string of the molecule is N#C/C(=C\c1ccc(N)nc1)C(=O)NC1CCCC1.O=C(O)C(F)(F)F. The van der Waals surface area contributed by atoms with Crippen LogP contribution in [0.2, 0.25) is 0 Å². The average Bonchev–Trinajstić information content (AvgIpc) is 3.06. The Morgan fingerprint density at radius 3 is 2.35 bits per heavy atom. The molecule has 140 valence electrons. The maximum atomic E-state index is 12.0. The number of carboxylic acid groups (broad SMARTS) is 1. The van der Waals surface area contributed by atoms with Crippen LogP contribution in [0.3, 0.4) is 0 Å². The number of anilines is 1. The van der Waals surface area contributed by atoms with Crippen molar-refractivity contribution in [2.45, 2.75) is 37.9 Å². The van der Waals surface area contributed by atoms with Gasteiger partial charge in [0.2, 0.25) is 0 Å². The summed E-state index contributed by atoms with van der Waals surface area (Å²) in [5.41, 5.74) is 6.27. The molecule has 4 N–H and O–H groups in total. The molecule has 1 aliphatic rings. The number of alkyl halides is 3. The molecule has 7 nitrogen and oxygen atoms in total. The van der Waals surface area contributed by atoms with Crippen LogP contribution in [0.5, 0.6) is 0 Å². The third kappa shape index (κ3) is 7.21. The third-order valence-electron chi connectivity index (χ3n) is 3.42. The lowest BCUT2D eigenvalue weighted by atomic mass is 10.1. The van der Waals surface area contributed by atoms with Gasteiger partial charge in [0.05, 0.1) is 0 Å². The Bertz CT molecular complexity index is 703. The molecule has 0 spiro atoms. The molecule has 26 heavy (non-hydrogen) atoms. The quantitative estimate of drug-likeness (QED) is 0.553. The normalized spacial score (nSPS) is 14.8. The van der Waals surface area contributed by atoms with Crippen LogP contribution in [-0.2, 0) is 9.59 Å². The number of aliphatic carboxylic acids is 1. The molecule has 1 aromatic heterocycles. The third-order valence-corrected chi connectivity index (χ3v) is 3.42. The molecule has 0 unspecified atom stereocenters. The van der Waals surface area contributed by atoms with Gasteiger partial charge in [-0.25, -0.2) is 9.78 Å². The number of rotatable bonds is 3. The number of carbonyl (C=O) groups is 2. The van der Waals surface area contributed by atoms with Gasteiger partial charge in [0.15, 0.2) is 0 Å². The van der Waals surface area contributed by atoms with E-state index in [4.69, 9.17) is 20.9 Å². The summed E-state index contributed by atoms with van der Waals surface area (Å²) in [4.78, 5) is 24.8. The standard InChI is InChI=1S/C14H16N4O.C2HF3O2/c15-8-11(7-10-5-6-13(16)17-9-10)14(19)18-12-3-1-2-4-12;3-2(4,5)1(6)7/h5-7,9,12H,1-4H2,(H2,16,17)(H,18,19);(H,6,7)/b11-7+;. The molecule has 1 aliphatic carbocycles. The number of nitrogens with two attached hydrogens (primary N) is 1. The van der Waals surface area contributed by atoms with Gasteiger partial charge in [0, 0.05) is 12.2 Å². The summed E-state index contributed by atoms with van der Waals surface area (Å²) in [5, 5.41) is 19.1. The second-order valence-corrected chi connectivity index (χ2v) is 5.44. The van der Waals surface area contributed by atoms with Gasteiger partial charge in [0.1, 0.15) is 17.5 Å². The molecule has 0 aromatic carbocycles. The van der Waals surface area contributed by atoms with E-state index in [2.05, 4.69) is 10.3 Å². The van der Waals surface area contributed by atoms with Crippen LogP contribution >= 0.6 is 0 Å². The Kier molecular flexibility index (Phi) is 7.58. The van der Waals surface area contributed by atoms with Gasteiger partial charge in [-0.05, 0) is 36.6 Å². The Balaban J connectivity index is 0.000000412. The highest BCUT2D eigenvalue weighted by Crippen LogP contribution is 2.18. The van der Waals surface area contributed by atoms with E-state index in [1.165, 1.54) is 12.3 Å². The van der Waals surface area contributed by atoms with Gasteiger partial charge in [-0.15, -0.1) is 0 Å². The van der Waals surface area contributed by atoms with Gasteiger partial charge >= 0.3 is 12.1 Å². The topological polar surface area (TPSA) is 129 Å². The number of nitrogens with zero attached hydrogens (tertiary/aromatic N) is 2. The molecule has 0 saturated heterocycles. The number of carbonyl (C=O) groups excluding carboxylic acids is 1. The van der Waals surface area contributed by atoms with Crippen LogP contribution in [0.4, 0.5) is 19.0 Å². The molecule has 1 amide bonds. The van der Waals surface area contributed by atoms with Crippen LogP contribution in [-0.4, -0.2) is 34.2 Å². The number of aromatic nitrogens is 1. The van der Waals surface area contributed by atoms with E-state index in [-0.39, 0.29) is 17.5 Å². The molecule has 1 saturated carbocycles. The monoisotopic (exact) mass is 370 g/mol. The molecule has 1 aromatic rings.